The number of hydrogen-bond acceptors (Lipinski definition) is 5. The van der Waals surface area contributed by atoms with Crippen LogP contribution in [0.1, 0.15) is 0 Å². The average molecular weight is 442 g/mol. The van der Waals surface area contributed by atoms with E-state index in [1.165, 1.54) is 12.3 Å². The third-order valence-electron chi connectivity index (χ3n) is 5.73. The van der Waals surface area contributed by atoms with Crippen molar-refractivity contribution in [2.75, 3.05) is 31.1 Å². The van der Waals surface area contributed by atoms with Gasteiger partial charge >= 0.3 is 0 Å². The molecule has 3 aromatic heterocycles. The molecule has 0 aliphatic carbocycles. The molecule has 1 fully saturated rings. The van der Waals surface area contributed by atoms with E-state index in [4.69, 9.17) is 0 Å². The van der Waals surface area contributed by atoms with Gasteiger partial charge in [-0.15, -0.1) is 0 Å². The molecule has 1 saturated heterocycles. The van der Waals surface area contributed by atoms with Gasteiger partial charge in [-0.3, -0.25) is 14.5 Å². The first kappa shape index (κ1) is 20.8. The van der Waals surface area contributed by atoms with Crippen molar-refractivity contribution in [3.05, 3.63) is 84.9 Å². The molecule has 0 bridgehead atoms. The molecule has 4 aromatic rings. The number of hydrogen-bond donors (Lipinski definition) is 0. The van der Waals surface area contributed by atoms with Crippen molar-refractivity contribution in [1.29, 1.82) is 0 Å². The number of benzene rings is 1. The van der Waals surface area contributed by atoms with E-state index in [-0.39, 0.29) is 12.5 Å². The van der Waals surface area contributed by atoms with Crippen molar-refractivity contribution in [2.24, 2.45) is 0 Å². The van der Waals surface area contributed by atoms with E-state index < -0.39 is 5.82 Å². The summed E-state index contributed by atoms with van der Waals surface area (Å²) in [5, 5.41) is 4.65. The van der Waals surface area contributed by atoms with Crippen molar-refractivity contribution < 1.29 is 9.18 Å². The normalized spacial score (nSPS) is 13.8. The minimum absolute atomic E-state index is 0.00886. The second-order valence-electron chi connectivity index (χ2n) is 7.86. The Labute approximate surface area is 191 Å². The SMILES string of the molecule is O=C(Cn1nc(-c2ccc(F)cn2)cc1-c1ccccc1)N1CCN(c2ccccn2)CC1. The summed E-state index contributed by atoms with van der Waals surface area (Å²) in [6, 6.07) is 20.5. The summed E-state index contributed by atoms with van der Waals surface area (Å²) in [4.78, 5) is 25.7. The molecule has 0 atom stereocenters. The Kier molecular flexibility index (Phi) is 5.80. The fourth-order valence-corrected chi connectivity index (χ4v) is 3.98. The van der Waals surface area contributed by atoms with Crippen molar-refractivity contribution in [3.63, 3.8) is 0 Å². The van der Waals surface area contributed by atoms with Gasteiger partial charge in [-0.05, 0) is 35.9 Å². The average Bonchev–Trinajstić information content (AvgIpc) is 3.29. The maximum Gasteiger partial charge on any atom is 0.244 e. The van der Waals surface area contributed by atoms with Crippen LogP contribution in [-0.2, 0) is 11.3 Å². The van der Waals surface area contributed by atoms with Crippen LogP contribution in [0.3, 0.4) is 0 Å². The highest BCUT2D eigenvalue weighted by molar-refractivity contribution is 5.78. The Hall–Kier alpha value is -4.07. The second-order valence-corrected chi connectivity index (χ2v) is 7.86. The quantitative estimate of drug-likeness (QED) is 0.473. The van der Waals surface area contributed by atoms with Gasteiger partial charge in [0, 0.05) is 32.4 Å². The van der Waals surface area contributed by atoms with Crippen molar-refractivity contribution in [2.45, 2.75) is 6.54 Å². The summed E-state index contributed by atoms with van der Waals surface area (Å²) < 4.78 is 15.0. The number of rotatable bonds is 5. The molecule has 33 heavy (non-hydrogen) atoms. The summed E-state index contributed by atoms with van der Waals surface area (Å²) in [5.41, 5.74) is 2.92. The molecule has 1 aliphatic rings. The van der Waals surface area contributed by atoms with Crippen LogP contribution in [0.15, 0.2) is 79.1 Å². The second kappa shape index (κ2) is 9.20. The largest absolute Gasteiger partial charge is 0.353 e. The molecule has 7 nitrogen and oxygen atoms in total. The third-order valence-corrected chi connectivity index (χ3v) is 5.73. The van der Waals surface area contributed by atoms with Gasteiger partial charge in [0.1, 0.15) is 23.9 Å². The van der Waals surface area contributed by atoms with Crippen molar-refractivity contribution >= 4 is 11.7 Å². The number of carbonyl (C=O) groups excluding carboxylic acids is 1. The molecule has 1 amide bonds. The van der Waals surface area contributed by atoms with Gasteiger partial charge in [-0.2, -0.15) is 5.10 Å². The molecule has 1 aromatic carbocycles. The molecule has 1 aliphatic heterocycles. The molecule has 0 radical (unpaired) electrons. The summed E-state index contributed by atoms with van der Waals surface area (Å²) >= 11 is 0. The Morgan fingerprint density at radius 1 is 0.879 bits per heavy atom. The first-order valence-corrected chi connectivity index (χ1v) is 10.9. The van der Waals surface area contributed by atoms with Gasteiger partial charge < -0.3 is 9.80 Å². The van der Waals surface area contributed by atoms with Crippen LogP contribution in [0.2, 0.25) is 0 Å². The highest BCUT2D eigenvalue weighted by atomic mass is 19.1. The zero-order valence-electron chi connectivity index (χ0n) is 18.0. The van der Waals surface area contributed by atoms with Crippen LogP contribution in [0.4, 0.5) is 10.2 Å². The number of carbonyl (C=O) groups is 1. The monoisotopic (exact) mass is 442 g/mol. The minimum atomic E-state index is -0.401. The van der Waals surface area contributed by atoms with Gasteiger partial charge in [-0.25, -0.2) is 9.37 Å². The predicted octanol–water partition coefficient (Wildman–Crippen LogP) is 3.50. The zero-order valence-corrected chi connectivity index (χ0v) is 18.0. The molecule has 166 valence electrons. The summed E-state index contributed by atoms with van der Waals surface area (Å²) in [5.74, 6) is 0.538. The predicted molar refractivity (Wildman–Crippen MR) is 124 cm³/mol. The van der Waals surface area contributed by atoms with E-state index in [2.05, 4.69) is 20.0 Å². The Bertz CT molecular complexity index is 1220. The number of piperazine rings is 1. The summed E-state index contributed by atoms with van der Waals surface area (Å²) in [6.07, 6.45) is 2.95. The van der Waals surface area contributed by atoms with Crippen LogP contribution in [0, 0.1) is 5.82 Å². The lowest BCUT2D eigenvalue weighted by atomic mass is 10.1. The van der Waals surface area contributed by atoms with Crippen molar-refractivity contribution in [3.8, 4) is 22.6 Å². The zero-order chi connectivity index (χ0) is 22.6. The van der Waals surface area contributed by atoms with Gasteiger partial charge in [-0.1, -0.05) is 36.4 Å². The molecular formula is C25H23FN6O. The number of nitrogens with zero attached hydrogens (tertiary/aromatic N) is 6. The van der Waals surface area contributed by atoms with Crippen LogP contribution >= 0.6 is 0 Å². The number of amides is 1. The van der Waals surface area contributed by atoms with E-state index in [1.807, 2.05) is 59.5 Å². The molecule has 8 heteroatoms. The van der Waals surface area contributed by atoms with E-state index in [1.54, 1.807) is 16.9 Å². The smallest absolute Gasteiger partial charge is 0.244 e. The van der Waals surface area contributed by atoms with Crippen molar-refractivity contribution in [1.82, 2.24) is 24.6 Å². The highest BCUT2D eigenvalue weighted by Crippen LogP contribution is 2.25. The van der Waals surface area contributed by atoms with Crippen LogP contribution < -0.4 is 4.90 Å². The highest BCUT2D eigenvalue weighted by Gasteiger charge is 2.23. The molecule has 0 unspecified atom stereocenters. The van der Waals surface area contributed by atoms with E-state index in [0.717, 1.165) is 30.2 Å². The fourth-order valence-electron chi connectivity index (χ4n) is 3.98. The number of pyridine rings is 2. The molecule has 5 rings (SSSR count). The molecule has 0 N–H and O–H groups in total. The first-order chi connectivity index (χ1) is 16.2. The lowest BCUT2D eigenvalue weighted by Gasteiger charge is -2.35. The van der Waals surface area contributed by atoms with E-state index in [0.29, 0.717) is 24.5 Å². The summed E-state index contributed by atoms with van der Waals surface area (Å²) in [6.45, 7) is 2.85. The van der Waals surface area contributed by atoms with Gasteiger partial charge in [0.25, 0.3) is 0 Å². The third kappa shape index (κ3) is 4.59. The summed E-state index contributed by atoms with van der Waals surface area (Å²) in [7, 11) is 0. The maximum absolute atomic E-state index is 13.3. The Morgan fingerprint density at radius 3 is 2.36 bits per heavy atom. The molecule has 4 heterocycles. The standard InChI is InChI=1S/C25H23FN6O/c26-20-9-10-21(28-17-20)22-16-23(19-6-2-1-3-7-19)32(29-22)18-25(33)31-14-12-30(13-15-31)24-8-4-5-11-27-24/h1-11,16-17H,12-15,18H2. The Morgan fingerprint density at radius 2 is 1.67 bits per heavy atom. The minimum Gasteiger partial charge on any atom is -0.353 e. The lowest BCUT2D eigenvalue weighted by molar-refractivity contribution is -0.132. The van der Waals surface area contributed by atoms with Gasteiger partial charge in [0.15, 0.2) is 0 Å². The van der Waals surface area contributed by atoms with Gasteiger partial charge in [0.05, 0.1) is 17.6 Å². The first-order valence-electron chi connectivity index (χ1n) is 10.9. The number of halogens is 1. The maximum atomic E-state index is 13.3. The molecule has 0 spiro atoms. The molecule has 0 saturated carbocycles. The topological polar surface area (TPSA) is 67.2 Å². The van der Waals surface area contributed by atoms with E-state index >= 15 is 0 Å². The number of aromatic nitrogens is 4. The molecular weight excluding hydrogens is 419 g/mol. The number of anilines is 1. The van der Waals surface area contributed by atoms with Crippen LogP contribution in [0.25, 0.3) is 22.6 Å². The van der Waals surface area contributed by atoms with Crippen LogP contribution in [0.5, 0.6) is 0 Å². The fraction of sp³-hybridized carbons (Fsp3) is 0.200. The van der Waals surface area contributed by atoms with Crippen LogP contribution in [-0.4, -0.2) is 56.7 Å². The van der Waals surface area contributed by atoms with Gasteiger partial charge in [0.2, 0.25) is 5.91 Å². The Balaban J connectivity index is 1.35. The van der Waals surface area contributed by atoms with E-state index in [9.17, 15) is 9.18 Å². The lowest BCUT2D eigenvalue weighted by Crippen LogP contribution is -2.49.